The van der Waals surface area contributed by atoms with E-state index in [4.69, 9.17) is 5.84 Å². The minimum Gasteiger partial charge on any atom is -0.394 e. The summed E-state index contributed by atoms with van der Waals surface area (Å²) in [5, 5.41) is 9.40. The number of likely N-dealkylation sites (N-methyl/N-ethyl adjacent to an activating group) is 1. The molecular weight excluding hydrogens is 230 g/mol. The topological polar surface area (TPSA) is 87.3 Å². The second-order valence-electron chi connectivity index (χ2n) is 4.95. The van der Waals surface area contributed by atoms with Gasteiger partial charge in [0.25, 0.3) is 0 Å². The number of hydrogen-bond acceptors (Lipinski definition) is 6. The Bertz CT molecular complexity index is 394. The molecule has 0 aliphatic rings. The largest absolute Gasteiger partial charge is 0.394 e. The Kier molecular flexibility index (Phi) is 4.86. The van der Waals surface area contributed by atoms with Crippen LogP contribution in [0.4, 0.5) is 11.6 Å². The van der Waals surface area contributed by atoms with E-state index in [-0.39, 0.29) is 12.1 Å². The Labute approximate surface area is 108 Å². The summed E-state index contributed by atoms with van der Waals surface area (Å²) < 4.78 is 0. The number of hydrogen-bond donors (Lipinski definition) is 3. The highest BCUT2D eigenvalue weighted by Gasteiger charge is 2.24. The van der Waals surface area contributed by atoms with Gasteiger partial charge in [-0.25, -0.2) is 15.8 Å². The van der Waals surface area contributed by atoms with E-state index in [1.165, 1.54) is 0 Å². The van der Waals surface area contributed by atoms with Gasteiger partial charge in [0.2, 0.25) is 0 Å². The molecule has 18 heavy (non-hydrogen) atoms. The molecule has 0 atom stereocenters. The Hall–Kier alpha value is -1.40. The molecule has 1 heterocycles. The molecule has 6 heteroatoms. The van der Waals surface area contributed by atoms with Gasteiger partial charge in [0.1, 0.15) is 17.5 Å². The third-order valence-electron chi connectivity index (χ3n) is 3.02. The van der Waals surface area contributed by atoms with E-state index in [0.29, 0.717) is 5.82 Å². The lowest BCUT2D eigenvalue weighted by Crippen LogP contribution is -2.45. The molecule has 0 amide bonds. The molecule has 0 aromatic carbocycles. The normalized spacial score (nSPS) is 11.4. The first-order chi connectivity index (χ1) is 8.44. The summed E-state index contributed by atoms with van der Waals surface area (Å²) >= 11 is 0. The molecule has 0 aliphatic heterocycles. The lowest BCUT2D eigenvalue weighted by atomic mass is 10.1. The van der Waals surface area contributed by atoms with Gasteiger partial charge < -0.3 is 15.4 Å². The first-order valence-corrected chi connectivity index (χ1v) is 6.14. The number of anilines is 2. The van der Waals surface area contributed by atoms with E-state index in [1.54, 1.807) is 6.07 Å². The Morgan fingerprint density at radius 2 is 2.11 bits per heavy atom. The average Bonchev–Trinajstić information content (AvgIpc) is 2.37. The molecule has 1 aromatic heterocycles. The predicted octanol–water partition coefficient (Wildman–Crippen LogP) is 0.922. The summed E-state index contributed by atoms with van der Waals surface area (Å²) in [7, 11) is 1.90. The van der Waals surface area contributed by atoms with Crippen LogP contribution in [0.5, 0.6) is 0 Å². The highest BCUT2D eigenvalue weighted by Crippen LogP contribution is 2.22. The number of nitrogens with two attached hydrogens (primary N) is 1. The van der Waals surface area contributed by atoms with Crippen molar-refractivity contribution in [3.8, 4) is 0 Å². The second kappa shape index (κ2) is 5.97. The molecule has 0 unspecified atom stereocenters. The molecule has 0 saturated carbocycles. The molecule has 1 aromatic rings. The van der Waals surface area contributed by atoms with E-state index in [9.17, 15) is 5.11 Å². The second-order valence-corrected chi connectivity index (χ2v) is 4.95. The van der Waals surface area contributed by atoms with Crippen molar-refractivity contribution in [3.05, 3.63) is 11.9 Å². The van der Waals surface area contributed by atoms with Crippen LogP contribution in [-0.2, 0) is 6.42 Å². The van der Waals surface area contributed by atoms with Crippen LogP contribution in [0.3, 0.4) is 0 Å². The number of nitrogens with zero attached hydrogens (tertiary/aromatic N) is 3. The number of nitrogens with one attached hydrogen (secondary N) is 1. The van der Waals surface area contributed by atoms with Gasteiger partial charge in [0.05, 0.1) is 12.1 Å². The summed E-state index contributed by atoms with van der Waals surface area (Å²) in [6.07, 6.45) is 1.77. The third kappa shape index (κ3) is 3.30. The quantitative estimate of drug-likeness (QED) is 0.516. The molecule has 0 spiro atoms. The van der Waals surface area contributed by atoms with E-state index in [0.717, 1.165) is 24.5 Å². The first-order valence-electron chi connectivity index (χ1n) is 6.14. The number of nitrogen functional groups attached to an aromatic ring is 1. The average molecular weight is 253 g/mol. The monoisotopic (exact) mass is 253 g/mol. The van der Waals surface area contributed by atoms with Crippen molar-refractivity contribution in [1.82, 2.24) is 9.97 Å². The number of aliphatic hydroxyl groups excluding tert-OH is 1. The number of aliphatic hydroxyl groups is 1. The van der Waals surface area contributed by atoms with Crippen LogP contribution in [0.2, 0.25) is 0 Å². The molecule has 0 bridgehead atoms. The first kappa shape index (κ1) is 14.7. The molecule has 102 valence electrons. The fourth-order valence-corrected chi connectivity index (χ4v) is 1.48. The molecule has 4 N–H and O–H groups in total. The van der Waals surface area contributed by atoms with Crippen LogP contribution < -0.4 is 16.2 Å². The van der Waals surface area contributed by atoms with Crippen LogP contribution in [0.25, 0.3) is 0 Å². The maximum atomic E-state index is 9.40. The van der Waals surface area contributed by atoms with Crippen LogP contribution >= 0.6 is 0 Å². The molecule has 0 radical (unpaired) electrons. The zero-order valence-corrected chi connectivity index (χ0v) is 11.6. The lowest BCUT2D eigenvalue weighted by molar-refractivity contribution is 0.215. The van der Waals surface area contributed by atoms with E-state index in [2.05, 4.69) is 22.3 Å². The van der Waals surface area contributed by atoms with Crippen molar-refractivity contribution in [2.75, 3.05) is 24.0 Å². The summed E-state index contributed by atoms with van der Waals surface area (Å²) in [6, 6.07) is 1.77. The minimum absolute atomic E-state index is 0.0437. The van der Waals surface area contributed by atoms with Crippen LogP contribution in [0.1, 0.15) is 33.0 Å². The molecular formula is C12H23N5O. The van der Waals surface area contributed by atoms with Gasteiger partial charge >= 0.3 is 0 Å². The van der Waals surface area contributed by atoms with Crippen LogP contribution in [0, 0.1) is 0 Å². The van der Waals surface area contributed by atoms with E-state index >= 15 is 0 Å². The van der Waals surface area contributed by atoms with E-state index < -0.39 is 0 Å². The maximum absolute atomic E-state index is 9.40. The van der Waals surface area contributed by atoms with Gasteiger partial charge in [-0.15, -0.1) is 0 Å². The van der Waals surface area contributed by atoms with Crippen molar-refractivity contribution < 1.29 is 5.11 Å². The molecule has 0 aliphatic carbocycles. The number of aromatic nitrogens is 2. The van der Waals surface area contributed by atoms with Gasteiger partial charge in [-0.2, -0.15) is 0 Å². The highest BCUT2D eigenvalue weighted by molar-refractivity contribution is 5.50. The van der Waals surface area contributed by atoms with Gasteiger partial charge in [0.15, 0.2) is 0 Å². The molecule has 0 saturated heterocycles. The summed E-state index contributed by atoms with van der Waals surface area (Å²) in [4.78, 5) is 10.7. The lowest BCUT2D eigenvalue weighted by Gasteiger charge is -2.35. The smallest absolute Gasteiger partial charge is 0.145 e. The highest BCUT2D eigenvalue weighted by atomic mass is 16.3. The van der Waals surface area contributed by atoms with Crippen molar-refractivity contribution in [1.29, 1.82) is 0 Å². The Morgan fingerprint density at radius 1 is 1.44 bits per heavy atom. The fraction of sp³-hybridized carbons (Fsp3) is 0.667. The molecule has 1 rings (SSSR count). The third-order valence-corrected chi connectivity index (χ3v) is 3.02. The Morgan fingerprint density at radius 3 is 2.61 bits per heavy atom. The minimum atomic E-state index is -0.385. The number of rotatable bonds is 6. The van der Waals surface area contributed by atoms with Gasteiger partial charge in [0, 0.05) is 19.5 Å². The van der Waals surface area contributed by atoms with Crippen molar-refractivity contribution >= 4 is 11.6 Å². The standard InChI is InChI=1S/C12H23N5O/c1-5-6-9-14-10(16-13)7-11(15-9)17(4)12(2,3)8-18/h7,18H,5-6,8,13H2,1-4H3,(H,14,15,16). The zero-order valence-electron chi connectivity index (χ0n) is 11.6. The SMILES string of the molecule is CCCc1nc(NN)cc(N(C)C(C)(C)CO)n1. The predicted molar refractivity (Wildman–Crippen MR) is 73.4 cm³/mol. The Balaban J connectivity index is 3.11. The molecule has 0 fully saturated rings. The summed E-state index contributed by atoms with van der Waals surface area (Å²) in [5.41, 5.74) is 2.17. The van der Waals surface area contributed by atoms with Crippen LogP contribution in [0.15, 0.2) is 6.07 Å². The number of aryl methyl sites for hydroxylation is 1. The van der Waals surface area contributed by atoms with Crippen molar-refractivity contribution in [2.24, 2.45) is 5.84 Å². The van der Waals surface area contributed by atoms with E-state index in [1.807, 2.05) is 25.8 Å². The summed E-state index contributed by atoms with van der Waals surface area (Å²) in [5.74, 6) is 7.51. The number of hydrazine groups is 1. The zero-order chi connectivity index (χ0) is 13.8. The fourth-order valence-electron chi connectivity index (χ4n) is 1.48. The summed E-state index contributed by atoms with van der Waals surface area (Å²) in [6.45, 7) is 6.02. The van der Waals surface area contributed by atoms with Crippen LogP contribution in [-0.4, -0.2) is 34.3 Å². The van der Waals surface area contributed by atoms with Crippen molar-refractivity contribution in [2.45, 2.75) is 39.2 Å². The van der Waals surface area contributed by atoms with Gasteiger partial charge in [-0.1, -0.05) is 6.92 Å². The maximum Gasteiger partial charge on any atom is 0.145 e. The molecule has 6 nitrogen and oxygen atoms in total. The van der Waals surface area contributed by atoms with Gasteiger partial charge in [-0.3, -0.25) is 0 Å². The van der Waals surface area contributed by atoms with Crippen molar-refractivity contribution in [3.63, 3.8) is 0 Å². The van der Waals surface area contributed by atoms with Gasteiger partial charge in [-0.05, 0) is 20.3 Å².